The van der Waals surface area contributed by atoms with Crippen molar-refractivity contribution in [2.75, 3.05) is 5.32 Å². The molecule has 0 heterocycles. The lowest BCUT2D eigenvalue weighted by molar-refractivity contribution is 0.481. The molecule has 1 atom stereocenters. The minimum Gasteiger partial charge on any atom is -0.356 e. The van der Waals surface area contributed by atoms with Crippen molar-refractivity contribution in [1.29, 1.82) is 0 Å². The highest BCUT2D eigenvalue weighted by molar-refractivity contribution is 7.98. The quantitative estimate of drug-likeness (QED) is 0.301. The second-order valence-corrected chi connectivity index (χ2v) is 8.95. The number of hydrogen-bond acceptors (Lipinski definition) is 2. The molecule has 1 unspecified atom stereocenters. The number of hydrogen-bond donors (Lipinski definition) is 2. The molecule has 29 heavy (non-hydrogen) atoms. The van der Waals surface area contributed by atoms with Gasteiger partial charge in [-0.2, -0.15) is 0 Å². The molecule has 0 aliphatic rings. The Morgan fingerprint density at radius 2 is 1.48 bits per heavy atom. The normalized spacial score (nSPS) is 11.8. The molecule has 0 saturated carbocycles. The molecule has 0 bridgehead atoms. The maximum Gasteiger partial charge on any atom is 0.171 e. The first-order valence-electron chi connectivity index (χ1n) is 9.99. The zero-order valence-electron chi connectivity index (χ0n) is 17.0. The van der Waals surface area contributed by atoms with Crippen LogP contribution in [0.2, 0.25) is 0 Å². The summed E-state index contributed by atoms with van der Waals surface area (Å²) < 4.78 is 0. The van der Waals surface area contributed by atoms with Crippen LogP contribution < -0.4 is 10.6 Å². The Balaban J connectivity index is 1.55. The minimum absolute atomic E-state index is 0.206. The third-order valence-electron chi connectivity index (χ3n) is 4.57. The van der Waals surface area contributed by atoms with Crippen molar-refractivity contribution in [1.82, 2.24) is 5.32 Å². The van der Waals surface area contributed by atoms with Crippen molar-refractivity contribution in [3.63, 3.8) is 0 Å². The van der Waals surface area contributed by atoms with Crippen LogP contribution in [0.4, 0.5) is 5.69 Å². The molecule has 3 aromatic carbocycles. The molecule has 0 aliphatic carbocycles. The highest BCUT2D eigenvalue weighted by atomic mass is 32.2. The van der Waals surface area contributed by atoms with E-state index in [1.54, 1.807) is 0 Å². The first-order chi connectivity index (χ1) is 14.1. The second-order valence-electron chi connectivity index (χ2n) is 7.49. The monoisotopic (exact) mass is 420 g/mol. The highest BCUT2D eigenvalue weighted by Gasteiger charge is 2.14. The van der Waals surface area contributed by atoms with Crippen LogP contribution in [0.3, 0.4) is 0 Å². The summed E-state index contributed by atoms with van der Waals surface area (Å²) in [5, 5.41) is 7.48. The Morgan fingerprint density at radius 1 is 0.862 bits per heavy atom. The molecule has 0 aliphatic heterocycles. The van der Waals surface area contributed by atoms with Gasteiger partial charge in [-0.05, 0) is 59.9 Å². The van der Waals surface area contributed by atoms with E-state index >= 15 is 0 Å². The predicted octanol–water partition coefficient (Wildman–Crippen LogP) is 7.05. The van der Waals surface area contributed by atoms with E-state index in [1.807, 2.05) is 23.9 Å². The first kappa shape index (κ1) is 21.4. The van der Waals surface area contributed by atoms with Crippen molar-refractivity contribution in [3.05, 3.63) is 96.1 Å². The van der Waals surface area contributed by atoms with Gasteiger partial charge in [0.1, 0.15) is 0 Å². The number of benzene rings is 3. The van der Waals surface area contributed by atoms with Crippen LogP contribution in [0.25, 0.3) is 0 Å². The van der Waals surface area contributed by atoms with Crippen molar-refractivity contribution in [2.45, 2.75) is 37.0 Å². The summed E-state index contributed by atoms with van der Waals surface area (Å²) in [6.45, 7) is 4.47. The van der Waals surface area contributed by atoms with Crippen molar-refractivity contribution < 1.29 is 0 Å². The fourth-order valence-corrected chi connectivity index (χ4v) is 4.26. The van der Waals surface area contributed by atoms with Crippen LogP contribution in [0, 0.1) is 5.92 Å². The third kappa shape index (κ3) is 7.22. The molecule has 2 N–H and O–H groups in total. The van der Waals surface area contributed by atoms with Gasteiger partial charge < -0.3 is 10.6 Å². The van der Waals surface area contributed by atoms with Crippen molar-refractivity contribution in [2.24, 2.45) is 5.92 Å². The van der Waals surface area contributed by atoms with E-state index in [2.05, 4.69) is 97.3 Å². The Hall–Kier alpha value is -2.30. The van der Waals surface area contributed by atoms with Crippen LogP contribution in [0.1, 0.15) is 37.4 Å². The van der Waals surface area contributed by atoms with E-state index in [4.69, 9.17) is 12.2 Å². The highest BCUT2D eigenvalue weighted by Crippen LogP contribution is 2.24. The second kappa shape index (κ2) is 11.0. The average Bonchev–Trinajstić information content (AvgIpc) is 2.74. The molecule has 3 aromatic rings. The lowest BCUT2D eigenvalue weighted by Crippen LogP contribution is -2.33. The lowest BCUT2D eigenvalue weighted by Gasteiger charge is -2.23. The summed E-state index contributed by atoms with van der Waals surface area (Å²) in [6.07, 6.45) is 1.03. The van der Waals surface area contributed by atoms with Gasteiger partial charge in [0.2, 0.25) is 0 Å². The van der Waals surface area contributed by atoms with Gasteiger partial charge in [-0.15, -0.1) is 11.8 Å². The van der Waals surface area contributed by atoms with E-state index in [0.717, 1.165) is 17.9 Å². The number of thioether (sulfide) groups is 1. The van der Waals surface area contributed by atoms with Gasteiger partial charge in [-0.1, -0.05) is 74.5 Å². The largest absolute Gasteiger partial charge is 0.356 e. The van der Waals surface area contributed by atoms with Crippen LogP contribution in [-0.2, 0) is 5.75 Å². The van der Waals surface area contributed by atoms with Gasteiger partial charge in [0.05, 0.1) is 6.04 Å². The van der Waals surface area contributed by atoms with Gasteiger partial charge >= 0.3 is 0 Å². The van der Waals surface area contributed by atoms with Crippen molar-refractivity contribution >= 4 is 34.8 Å². The fraction of sp³-hybridized carbons (Fsp3) is 0.240. The molecule has 0 radical (unpaired) electrons. The van der Waals surface area contributed by atoms with Gasteiger partial charge in [0.25, 0.3) is 0 Å². The first-order valence-corrected chi connectivity index (χ1v) is 11.4. The molecular formula is C25H28N2S2. The Morgan fingerprint density at radius 3 is 2.10 bits per heavy atom. The minimum atomic E-state index is 0.206. The number of thiocarbonyl (C=S) groups is 1. The average molecular weight is 421 g/mol. The predicted molar refractivity (Wildman–Crippen MR) is 130 cm³/mol. The molecule has 150 valence electrons. The Bertz CT molecular complexity index is 878. The zero-order chi connectivity index (χ0) is 20.5. The molecule has 4 heteroatoms. The molecule has 0 saturated heterocycles. The van der Waals surface area contributed by atoms with Crippen LogP contribution in [-0.4, -0.2) is 5.11 Å². The molecule has 0 spiro atoms. The van der Waals surface area contributed by atoms with E-state index < -0.39 is 0 Å². The standard InChI is InChI=1S/C25H28N2S2/c1-19(2)17-24(21-9-5-3-6-10-21)27-25(28)26-22-15-13-20(14-16-22)18-29-23-11-7-4-8-12-23/h3-16,19,24H,17-18H2,1-2H3,(H2,26,27,28). The molecule has 0 aromatic heterocycles. The maximum atomic E-state index is 5.59. The number of anilines is 1. The Labute approximate surface area is 184 Å². The van der Waals surface area contributed by atoms with Gasteiger partial charge in [0.15, 0.2) is 5.11 Å². The zero-order valence-corrected chi connectivity index (χ0v) is 18.6. The Kier molecular flexibility index (Phi) is 8.14. The molecular weight excluding hydrogens is 392 g/mol. The summed E-state index contributed by atoms with van der Waals surface area (Å²) >= 11 is 7.43. The molecule has 2 nitrogen and oxygen atoms in total. The van der Waals surface area contributed by atoms with Crippen LogP contribution in [0.15, 0.2) is 89.8 Å². The molecule has 0 fully saturated rings. The summed E-state index contributed by atoms with van der Waals surface area (Å²) in [5.74, 6) is 1.54. The van der Waals surface area contributed by atoms with Crippen LogP contribution >= 0.6 is 24.0 Å². The third-order valence-corrected chi connectivity index (χ3v) is 5.88. The van der Waals surface area contributed by atoms with Crippen molar-refractivity contribution in [3.8, 4) is 0 Å². The van der Waals surface area contributed by atoms with E-state index in [-0.39, 0.29) is 6.04 Å². The van der Waals surface area contributed by atoms with Gasteiger partial charge in [-0.3, -0.25) is 0 Å². The molecule has 0 amide bonds. The maximum absolute atomic E-state index is 5.59. The van der Waals surface area contributed by atoms with Gasteiger partial charge in [0, 0.05) is 16.3 Å². The number of nitrogens with one attached hydrogen (secondary N) is 2. The lowest BCUT2D eigenvalue weighted by atomic mass is 9.97. The van der Waals surface area contributed by atoms with E-state index in [1.165, 1.54) is 16.0 Å². The van der Waals surface area contributed by atoms with Crippen LogP contribution in [0.5, 0.6) is 0 Å². The smallest absolute Gasteiger partial charge is 0.171 e. The van der Waals surface area contributed by atoms with E-state index in [9.17, 15) is 0 Å². The summed E-state index contributed by atoms with van der Waals surface area (Å²) in [4.78, 5) is 1.29. The topological polar surface area (TPSA) is 24.1 Å². The number of rotatable bonds is 8. The summed E-state index contributed by atoms with van der Waals surface area (Å²) in [6, 6.07) is 29.7. The van der Waals surface area contributed by atoms with Gasteiger partial charge in [-0.25, -0.2) is 0 Å². The fourth-order valence-electron chi connectivity index (χ4n) is 3.13. The summed E-state index contributed by atoms with van der Waals surface area (Å²) in [7, 11) is 0. The molecule has 3 rings (SSSR count). The SMILES string of the molecule is CC(C)CC(NC(=S)Nc1ccc(CSc2ccccc2)cc1)c1ccccc1. The summed E-state index contributed by atoms with van der Waals surface area (Å²) in [5.41, 5.74) is 3.57. The van der Waals surface area contributed by atoms with E-state index in [0.29, 0.717) is 11.0 Å².